The summed E-state index contributed by atoms with van der Waals surface area (Å²) in [6.07, 6.45) is 0.0442. The van der Waals surface area contributed by atoms with Crippen LogP contribution in [-0.4, -0.2) is 37.9 Å². The molecule has 0 heterocycles. The molecular formula is C17H21FN2O6. The predicted molar refractivity (Wildman–Crippen MR) is 92.0 cm³/mol. The summed E-state index contributed by atoms with van der Waals surface area (Å²) in [6.45, 7) is 5.00. The highest BCUT2D eigenvalue weighted by Crippen LogP contribution is 2.22. The summed E-state index contributed by atoms with van der Waals surface area (Å²) in [5.74, 6) is -2.33. The Kier molecular flexibility index (Phi) is 7.12. The zero-order chi connectivity index (χ0) is 19.9. The van der Waals surface area contributed by atoms with Crippen molar-refractivity contribution in [3.8, 4) is 0 Å². The van der Waals surface area contributed by atoms with Crippen molar-refractivity contribution >= 4 is 29.4 Å². The van der Waals surface area contributed by atoms with Gasteiger partial charge in [-0.2, -0.15) is 0 Å². The maximum atomic E-state index is 13.9. The normalized spacial score (nSPS) is 11.4. The van der Waals surface area contributed by atoms with Gasteiger partial charge in [0.05, 0.1) is 26.0 Å². The highest BCUT2D eigenvalue weighted by molar-refractivity contribution is 5.99. The maximum absolute atomic E-state index is 13.9. The molecule has 0 spiro atoms. The molecule has 8 nitrogen and oxygen atoms in total. The molecule has 0 unspecified atom stereocenters. The van der Waals surface area contributed by atoms with Crippen LogP contribution in [0.1, 0.15) is 20.8 Å². The summed E-state index contributed by atoms with van der Waals surface area (Å²) in [5, 5.41) is 4.88. The Morgan fingerprint density at radius 1 is 1.08 bits per heavy atom. The van der Waals surface area contributed by atoms with Crippen molar-refractivity contribution in [3.63, 3.8) is 0 Å². The van der Waals surface area contributed by atoms with Crippen LogP contribution in [0.3, 0.4) is 0 Å². The van der Waals surface area contributed by atoms with Gasteiger partial charge in [0.25, 0.3) is 0 Å². The van der Waals surface area contributed by atoms with Crippen LogP contribution in [0.25, 0.3) is 0 Å². The molecule has 0 radical (unpaired) electrons. The van der Waals surface area contributed by atoms with E-state index in [1.165, 1.54) is 12.1 Å². The average Bonchev–Trinajstić information content (AvgIpc) is 2.54. The van der Waals surface area contributed by atoms with Crippen LogP contribution in [0.15, 0.2) is 30.0 Å². The first-order valence-electron chi connectivity index (χ1n) is 7.50. The number of ether oxygens (including phenoxy) is 3. The van der Waals surface area contributed by atoms with E-state index >= 15 is 0 Å². The molecule has 1 amide bonds. The Bertz CT molecular complexity index is 724. The smallest absolute Gasteiger partial charge is 0.412 e. The molecule has 0 aliphatic rings. The van der Waals surface area contributed by atoms with E-state index in [9.17, 15) is 18.8 Å². The highest BCUT2D eigenvalue weighted by atomic mass is 19.1. The van der Waals surface area contributed by atoms with E-state index in [1.807, 2.05) is 0 Å². The number of hydrogen-bond acceptors (Lipinski definition) is 7. The van der Waals surface area contributed by atoms with Gasteiger partial charge in [-0.05, 0) is 39.0 Å². The van der Waals surface area contributed by atoms with Gasteiger partial charge in [0.15, 0.2) is 0 Å². The first kappa shape index (κ1) is 20.9. The Morgan fingerprint density at radius 3 is 2.27 bits per heavy atom. The Labute approximate surface area is 150 Å². The van der Waals surface area contributed by atoms with Gasteiger partial charge >= 0.3 is 18.0 Å². The molecule has 26 heavy (non-hydrogen) atoms. The number of methoxy groups -OCH3 is 2. The van der Waals surface area contributed by atoms with Gasteiger partial charge in [0, 0.05) is 5.69 Å². The maximum Gasteiger partial charge on any atom is 0.412 e. The highest BCUT2D eigenvalue weighted by Gasteiger charge is 2.18. The summed E-state index contributed by atoms with van der Waals surface area (Å²) >= 11 is 0. The molecule has 0 bridgehead atoms. The van der Waals surface area contributed by atoms with Crippen LogP contribution in [0.5, 0.6) is 0 Å². The van der Waals surface area contributed by atoms with Crippen molar-refractivity contribution in [2.24, 2.45) is 0 Å². The second kappa shape index (κ2) is 8.84. The van der Waals surface area contributed by atoms with E-state index in [4.69, 9.17) is 4.74 Å². The fourth-order valence-corrected chi connectivity index (χ4v) is 1.70. The van der Waals surface area contributed by atoms with Crippen molar-refractivity contribution in [2.75, 3.05) is 24.9 Å². The fraction of sp³-hybridized carbons (Fsp3) is 0.353. The molecule has 2 N–H and O–H groups in total. The van der Waals surface area contributed by atoms with Gasteiger partial charge in [-0.15, -0.1) is 0 Å². The zero-order valence-corrected chi connectivity index (χ0v) is 15.1. The summed E-state index contributed by atoms with van der Waals surface area (Å²) < 4.78 is 28.0. The second-order valence-electron chi connectivity index (χ2n) is 6.02. The number of nitrogens with one attached hydrogen (secondary N) is 2. The predicted octanol–water partition coefficient (Wildman–Crippen LogP) is 2.81. The molecule has 0 aromatic heterocycles. The SMILES string of the molecule is COC(=O)/C=C(/Nc1ccc(F)c(NC(=O)OC(C)(C)C)c1)C(=O)OC. The fourth-order valence-electron chi connectivity index (χ4n) is 1.70. The van der Waals surface area contributed by atoms with E-state index in [1.54, 1.807) is 20.8 Å². The zero-order valence-electron chi connectivity index (χ0n) is 15.1. The summed E-state index contributed by atoms with van der Waals surface area (Å²) in [4.78, 5) is 34.9. The van der Waals surface area contributed by atoms with Crippen LogP contribution in [-0.2, 0) is 23.8 Å². The quantitative estimate of drug-likeness (QED) is 0.468. The monoisotopic (exact) mass is 368 g/mol. The lowest BCUT2D eigenvalue weighted by molar-refractivity contribution is -0.138. The molecule has 9 heteroatoms. The van der Waals surface area contributed by atoms with Crippen molar-refractivity contribution in [1.82, 2.24) is 0 Å². The number of carbonyl (C=O) groups is 3. The summed E-state index contributed by atoms with van der Waals surface area (Å²) in [6, 6.07) is 3.61. The van der Waals surface area contributed by atoms with Crippen LogP contribution in [0, 0.1) is 5.82 Å². The first-order valence-corrected chi connectivity index (χ1v) is 7.50. The third-order valence-electron chi connectivity index (χ3n) is 2.75. The molecule has 0 aliphatic carbocycles. The van der Waals surface area contributed by atoms with E-state index in [0.717, 1.165) is 26.4 Å². The molecular weight excluding hydrogens is 347 g/mol. The Morgan fingerprint density at radius 2 is 1.73 bits per heavy atom. The first-order chi connectivity index (χ1) is 12.1. The largest absolute Gasteiger partial charge is 0.466 e. The topological polar surface area (TPSA) is 103 Å². The molecule has 0 saturated heterocycles. The number of esters is 2. The lowest BCUT2D eigenvalue weighted by atomic mass is 10.2. The molecule has 0 saturated carbocycles. The van der Waals surface area contributed by atoms with E-state index in [-0.39, 0.29) is 17.1 Å². The number of halogens is 1. The molecule has 142 valence electrons. The number of carbonyl (C=O) groups excluding carboxylic acids is 3. The third kappa shape index (κ3) is 6.80. The lowest BCUT2D eigenvalue weighted by Gasteiger charge is -2.20. The van der Waals surface area contributed by atoms with Crippen LogP contribution in [0.4, 0.5) is 20.6 Å². The molecule has 0 aliphatic heterocycles. The molecule has 0 atom stereocenters. The number of rotatable bonds is 5. The van der Waals surface area contributed by atoms with Crippen molar-refractivity contribution < 1.29 is 33.0 Å². The molecule has 1 rings (SSSR count). The molecule has 1 aromatic rings. The summed E-state index contributed by atoms with van der Waals surface area (Å²) in [5.41, 5.74) is -0.934. The second-order valence-corrected chi connectivity index (χ2v) is 6.02. The van der Waals surface area contributed by atoms with Gasteiger partial charge in [0.1, 0.15) is 17.1 Å². The van der Waals surface area contributed by atoms with E-state index < -0.39 is 29.5 Å². The number of anilines is 2. The lowest BCUT2D eigenvalue weighted by Crippen LogP contribution is -2.27. The van der Waals surface area contributed by atoms with Gasteiger partial charge in [-0.25, -0.2) is 18.8 Å². The van der Waals surface area contributed by atoms with Crippen molar-refractivity contribution in [2.45, 2.75) is 26.4 Å². The van der Waals surface area contributed by atoms with Crippen LogP contribution < -0.4 is 10.6 Å². The van der Waals surface area contributed by atoms with Crippen molar-refractivity contribution in [3.05, 3.63) is 35.8 Å². The van der Waals surface area contributed by atoms with Gasteiger partial charge < -0.3 is 19.5 Å². The van der Waals surface area contributed by atoms with E-state index in [2.05, 4.69) is 20.1 Å². The third-order valence-corrected chi connectivity index (χ3v) is 2.75. The minimum Gasteiger partial charge on any atom is -0.466 e. The number of amides is 1. The van der Waals surface area contributed by atoms with Gasteiger partial charge in [0.2, 0.25) is 0 Å². The minimum absolute atomic E-state index is 0.175. The number of hydrogen-bond donors (Lipinski definition) is 2. The van der Waals surface area contributed by atoms with Gasteiger partial charge in [-0.1, -0.05) is 0 Å². The Hall–Kier alpha value is -3.10. The van der Waals surface area contributed by atoms with Crippen LogP contribution in [0.2, 0.25) is 0 Å². The Balaban J connectivity index is 3.04. The standard InChI is InChI=1S/C17H21FN2O6/c1-17(2,3)26-16(23)20-12-8-10(6-7-11(12)18)19-13(15(22)25-5)9-14(21)24-4/h6-9,19H,1-5H3,(H,20,23)/b13-9+. The van der Waals surface area contributed by atoms with Crippen LogP contribution >= 0.6 is 0 Å². The van der Waals surface area contributed by atoms with Crippen molar-refractivity contribution in [1.29, 1.82) is 0 Å². The number of benzene rings is 1. The van der Waals surface area contributed by atoms with E-state index in [0.29, 0.717) is 0 Å². The minimum atomic E-state index is -0.841. The molecule has 0 fully saturated rings. The van der Waals surface area contributed by atoms with Gasteiger partial charge in [-0.3, -0.25) is 5.32 Å². The summed E-state index contributed by atoms with van der Waals surface area (Å²) in [7, 11) is 2.28. The average molecular weight is 368 g/mol. The molecule has 1 aromatic carbocycles.